The van der Waals surface area contributed by atoms with E-state index < -0.39 is 18.1 Å². The molecule has 0 bridgehead atoms. The summed E-state index contributed by atoms with van der Waals surface area (Å²) < 4.78 is 0. The van der Waals surface area contributed by atoms with Gasteiger partial charge in [-0.05, 0) is 6.42 Å². The summed E-state index contributed by atoms with van der Waals surface area (Å²) in [5, 5.41) is 22.2. The zero-order valence-electron chi connectivity index (χ0n) is 8.60. The Bertz CT molecular complexity index is 304. The Labute approximate surface area is 91.8 Å². The molecule has 1 saturated heterocycles. The first-order chi connectivity index (χ1) is 7.50. The minimum Gasteiger partial charge on any atom is -0.479 e. The Morgan fingerprint density at radius 3 is 2.75 bits per heavy atom. The molecule has 7 nitrogen and oxygen atoms in total. The fourth-order valence-electron chi connectivity index (χ4n) is 1.39. The second kappa shape index (κ2) is 5.45. The molecule has 0 aliphatic carbocycles. The van der Waals surface area contributed by atoms with Gasteiger partial charge in [0.1, 0.15) is 6.04 Å². The molecule has 2 amide bonds. The first kappa shape index (κ1) is 12.4. The lowest BCUT2D eigenvalue weighted by Gasteiger charge is -2.11. The summed E-state index contributed by atoms with van der Waals surface area (Å²) in [5.74, 6) is -1.82. The molecule has 4 N–H and O–H groups in total. The van der Waals surface area contributed by atoms with Gasteiger partial charge in [-0.3, -0.25) is 9.59 Å². The molecule has 1 fully saturated rings. The minimum atomic E-state index is -1.47. The third-order valence-electron chi connectivity index (χ3n) is 2.31. The summed E-state index contributed by atoms with van der Waals surface area (Å²) in [5.41, 5.74) is 0. The summed E-state index contributed by atoms with van der Waals surface area (Å²) in [6.07, 6.45) is -0.748. The van der Waals surface area contributed by atoms with Crippen LogP contribution in [0.1, 0.15) is 19.3 Å². The second-order valence-electron chi connectivity index (χ2n) is 3.59. The normalized spacial score (nSPS) is 21.3. The lowest BCUT2D eigenvalue weighted by molar-refractivity contribution is -0.147. The van der Waals surface area contributed by atoms with E-state index in [1.807, 2.05) is 0 Å². The molecular weight excluding hydrogens is 216 g/mol. The van der Waals surface area contributed by atoms with Crippen LogP contribution in [0.4, 0.5) is 0 Å². The largest absolute Gasteiger partial charge is 0.479 e. The van der Waals surface area contributed by atoms with Gasteiger partial charge in [-0.1, -0.05) is 0 Å². The van der Waals surface area contributed by atoms with Gasteiger partial charge in [0.05, 0.1) is 0 Å². The fourth-order valence-corrected chi connectivity index (χ4v) is 1.39. The maximum absolute atomic E-state index is 11.4. The number of hydrogen-bond acceptors (Lipinski definition) is 4. The maximum atomic E-state index is 11.4. The highest BCUT2D eigenvalue weighted by atomic mass is 16.4. The van der Waals surface area contributed by atoms with E-state index in [0.717, 1.165) is 0 Å². The summed E-state index contributed by atoms with van der Waals surface area (Å²) in [7, 11) is 0. The van der Waals surface area contributed by atoms with Crippen molar-refractivity contribution in [3.8, 4) is 0 Å². The molecule has 0 spiro atoms. The minimum absolute atomic E-state index is 0.0538. The van der Waals surface area contributed by atoms with E-state index in [1.165, 1.54) is 0 Å². The van der Waals surface area contributed by atoms with Gasteiger partial charge in [-0.15, -0.1) is 0 Å². The highest BCUT2D eigenvalue weighted by Gasteiger charge is 2.26. The van der Waals surface area contributed by atoms with Gasteiger partial charge < -0.3 is 20.8 Å². The SMILES string of the molecule is O=C1CC[C@@H](C(=O)NCCC(O)C(=O)O)N1. The summed E-state index contributed by atoms with van der Waals surface area (Å²) in [6, 6.07) is -0.533. The highest BCUT2D eigenvalue weighted by Crippen LogP contribution is 2.06. The second-order valence-corrected chi connectivity index (χ2v) is 3.59. The smallest absolute Gasteiger partial charge is 0.332 e. The number of amides is 2. The molecule has 0 aromatic rings. The molecule has 2 atom stereocenters. The Morgan fingerprint density at radius 1 is 1.56 bits per heavy atom. The van der Waals surface area contributed by atoms with Crippen LogP contribution in [0.15, 0.2) is 0 Å². The molecule has 1 unspecified atom stereocenters. The van der Waals surface area contributed by atoms with Gasteiger partial charge in [0.2, 0.25) is 11.8 Å². The van der Waals surface area contributed by atoms with Crippen LogP contribution >= 0.6 is 0 Å². The first-order valence-electron chi connectivity index (χ1n) is 4.98. The van der Waals surface area contributed by atoms with Crippen molar-refractivity contribution < 1.29 is 24.6 Å². The standard InChI is InChI=1S/C9H14N2O5/c12-6(9(15)16)3-4-10-8(14)5-1-2-7(13)11-5/h5-6,12H,1-4H2,(H,10,14)(H,11,13)(H,15,16)/t5-,6?/m0/s1. The predicted molar refractivity (Wildman–Crippen MR) is 52.4 cm³/mol. The number of carbonyl (C=O) groups excluding carboxylic acids is 2. The number of hydrogen-bond donors (Lipinski definition) is 4. The van der Waals surface area contributed by atoms with Crippen molar-refractivity contribution in [1.29, 1.82) is 0 Å². The van der Waals surface area contributed by atoms with Gasteiger partial charge in [0.15, 0.2) is 6.10 Å². The Balaban J connectivity index is 2.20. The number of carboxylic acids is 1. The monoisotopic (exact) mass is 230 g/mol. The molecule has 90 valence electrons. The number of aliphatic hydroxyl groups is 1. The first-order valence-corrected chi connectivity index (χ1v) is 4.98. The van der Waals surface area contributed by atoms with Crippen LogP contribution in [0.25, 0.3) is 0 Å². The Morgan fingerprint density at radius 2 is 2.25 bits per heavy atom. The molecule has 0 saturated carbocycles. The number of aliphatic carboxylic acids is 1. The van der Waals surface area contributed by atoms with E-state index in [4.69, 9.17) is 10.2 Å². The predicted octanol–water partition coefficient (Wildman–Crippen LogP) is -1.78. The van der Waals surface area contributed by atoms with Crippen LogP contribution in [0.3, 0.4) is 0 Å². The van der Waals surface area contributed by atoms with E-state index >= 15 is 0 Å². The molecule has 0 aromatic heterocycles. The van der Waals surface area contributed by atoms with Crippen LogP contribution in [0, 0.1) is 0 Å². The third kappa shape index (κ3) is 3.50. The average molecular weight is 230 g/mol. The molecule has 7 heteroatoms. The number of nitrogens with one attached hydrogen (secondary N) is 2. The van der Waals surface area contributed by atoms with Crippen LogP contribution in [-0.2, 0) is 14.4 Å². The maximum Gasteiger partial charge on any atom is 0.332 e. The van der Waals surface area contributed by atoms with Gasteiger partial charge >= 0.3 is 5.97 Å². The number of rotatable bonds is 5. The molecule has 0 aromatic carbocycles. The van der Waals surface area contributed by atoms with Crippen molar-refractivity contribution in [2.24, 2.45) is 0 Å². The van der Waals surface area contributed by atoms with E-state index in [-0.39, 0.29) is 24.8 Å². The molecule has 0 radical (unpaired) electrons. The van der Waals surface area contributed by atoms with Crippen molar-refractivity contribution in [3.63, 3.8) is 0 Å². The zero-order chi connectivity index (χ0) is 12.1. The Hall–Kier alpha value is -1.63. The fraction of sp³-hybridized carbons (Fsp3) is 0.667. The summed E-state index contributed by atoms with van der Waals surface area (Å²) in [4.78, 5) is 32.5. The zero-order valence-corrected chi connectivity index (χ0v) is 8.60. The van der Waals surface area contributed by atoms with Crippen molar-refractivity contribution in [2.45, 2.75) is 31.4 Å². The molecular formula is C9H14N2O5. The lowest BCUT2D eigenvalue weighted by Crippen LogP contribution is -2.42. The van der Waals surface area contributed by atoms with Crippen molar-refractivity contribution in [1.82, 2.24) is 10.6 Å². The quantitative estimate of drug-likeness (QED) is 0.445. The van der Waals surface area contributed by atoms with Gasteiger partial charge in [-0.25, -0.2) is 4.79 Å². The van der Waals surface area contributed by atoms with E-state index in [9.17, 15) is 14.4 Å². The third-order valence-corrected chi connectivity index (χ3v) is 2.31. The molecule has 1 heterocycles. The molecule has 1 rings (SSSR count). The van der Waals surface area contributed by atoms with E-state index in [2.05, 4.69) is 10.6 Å². The Kier molecular flexibility index (Phi) is 4.24. The van der Waals surface area contributed by atoms with Gasteiger partial charge in [-0.2, -0.15) is 0 Å². The summed E-state index contributed by atoms with van der Waals surface area (Å²) >= 11 is 0. The van der Waals surface area contributed by atoms with Crippen LogP contribution in [-0.4, -0.2) is 46.7 Å². The van der Waals surface area contributed by atoms with Crippen molar-refractivity contribution in [3.05, 3.63) is 0 Å². The molecule has 16 heavy (non-hydrogen) atoms. The van der Waals surface area contributed by atoms with Crippen LogP contribution in [0.2, 0.25) is 0 Å². The van der Waals surface area contributed by atoms with Crippen LogP contribution < -0.4 is 10.6 Å². The summed E-state index contributed by atoms with van der Waals surface area (Å²) in [6.45, 7) is 0.0681. The highest BCUT2D eigenvalue weighted by molar-refractivity contribution is 5.90. The number of carbonyl (C=O) groups is 3. The van der Waals surface area contributed by atoms with Gasteiger partial charge in [0, 0.05) is 19.4 Å². The molecule has 1 aliphatic rings. The lowest BCUT2D eigenvalue weighted by atomic mass is 10.2. The topological polar surface area (TPSA) is 116 Å². The number of carboxylic acid groups (broad SMARTS) is 1. The average Bonchev–Trinajstić information content (AvgIpc) is 2.64. The number of aliphatic hydroxyl groups excluding tert-OH is 1. The van der Waals surface area contributed by atoms with Crippen molar-refractivity contribution >= 4 is 17.8 Å². The van der Waals surface area contributed by atoms with E-state index in [1.54, 1.807) is 0 Å². The van der Waals surface area contributed by atoms with Crippen molar-refractivity contribution in [2.75, 3.05) is 6.54 Å². The van der Waals surface area contributed by atoms with Crippen LogP contribution in [0.5, 0.6) is 0 Å². The molecule has 1 aliphatic heterocycles. The van der Waals surface area contributed by atoms with E-state index in [0.29, 0.717) is 12.8 Å². The van der Waals surface area contributed by atoms with Gasteiger partial charge in [0.25, 0.3) is 0 Å².